The summed E-state index contributed by atoms with van der Waals surface area (Å²) >= 11 is 1.57. The molecule has 2 rings (SSSR count). The molecule has 5 nitrogen and oxygen atoms in total. The molecule has 1 saturated heterocycles. The van der Waals surface area contributed by atoms with E-state index in [9.17, 15) is 5.11 Å². The van der Waals surface area contributed by atoms with Crippen molar-refractivity contribution < 1.29 is 9.84 Å². The lowest BCUT2D eigenvalue weighted by atomic mass is 10.0. The largest absolute Gasteiger partial charge is 0.391 e. The van der Waals surface area contributed by atoms with Gasteiger partial charge < -0.3 is 19.6 Å². The first-order chi connectivity index (χ1) is 9.15. The van der Waals surface area contributed by atoms with E-state index in [1.165, 1.54) is 12.8 Å². The fourth-order valence-electron chi connectivity index (χ4n) is 2.43. The van der Waals surface area contributed by atoms with Crippen molar-refractivity contribution >= 4 is 16.5 Å². The zero-order chi connectivity index (χ0) is 13.8. The average molecular weight is 285 g/mol. The van der Waals surface area contributed by atoms with Gasteiger partial charge in [0.15, 0.2) is 5.13 Å². The zero-order valence-corrected chi connectivity index (χ0v) is 12.7. The molecule has 1 aliphatic rings. The molecule has 2 heterocycles. The van der Waals surface area contributed by atoms with Crippen LogP contribution in [0.2, 0.25) is 0 Å². The molecule has 19 heavy (non-hydrogen) atoms. The third kappa shape index (κ3) is 3.45. The first-order valence-corrected chi connectivity index (χ1v) is 7.47. The van der Waals surface area contributed by atoms with Gasteiger partial charge in [-0.2, -0.15) is 0 Å². The highest BCUT2D eigenvalue weighted by Crippen LogP contribution is 2.29. The van der Waals surface area contributed by atoms with E-state index in [4.69, 9.17) is 4.74 Å². The molecule has 0 radical (unpaired) electrons. The third-order valence-electron chi connectivity index (χ3n) is 3.73. The third-order valence-corrected chi connectivity index (χ3v) is 4.90. The monoisotopic (exact) mass is 285 g/mol. The number of thiazole rings is 1. The fourth-order valence-corrected chi connectivity index (χ4v) is 3.39. The zero-order valence-electron chi connectivity index (χ0n) is 11.9. The Hall–Kier alpha value is -0.690. The second-order valence-electron chi connectivity index (χ2n) is 5.10. The Bertz CT molecular complexity index is 403. The first-order valence-electron chi connectivity index (χ1n) is 6.65. The van der Waals surface area contributed by atoms with Crippen LogP contribution < -0.4 is 4.90 Å². The Morgan fingerprint density at radius 2 is 2.16 bits per heavy atom. The molecular formula is C13H23N3O2S. The highest BCUT2D eigenvalue weighted by atomic mass is 32.1. The van der Waals surface area contributed by atoms with Crippen LogP contribution in [0.15, 0.2) is 0 Å². The minimum atomic E-state index is 0.0393. The van der Waals surface area contributed by atoms with E-state index < -0.39 is 0 Å². The first kappa shape index (κ1) is 14.7. The van der Waals surface area contributed by atoms with E-state index in [0.29, 0.717) is 12.6 Å². The van der Waals surface area contributed by atoms with Crippen molar-refractivity contribution in [2.75, 3.05) is 39.2 Å². The fraction of sp³-hybridized carbons (Fsp3) is 0.769. The molecule has 1 N–H and O–H groups in total. The maximum atomic E-state index is 9.37. The molecule has 1 aromatic rings. The Kier molecular flexibility index (Phi) is 5.15. The van der Waals surface area contributed by atoms with E-state index in [-0.39, 0.29) is 6.61 Å². The SMILES string of the molecule is COCc1nc(N(C)C2CCN(C)CC2)sc1CO. The van der Waals surface area contributed by atoms with Gasteiger partial charge in [0, 0.05) is 20.2 Å². The van der Waals surface area contributed by atoms with Crippen molar-refractivity contribution in [1.82, 2.24) is 9.88 Å². The van der Waals surface area contributed by atoms with Crippen LogP contribution in [0.25, 0.3) is 0 Å². The number of aromatic nitrogens is 1. The second kappa shape index (κ2) is 6.65. The molecule has 0 atom stereocenters. The molecule has 108 valence electrons. The number of piperidine rings is 1. The van der Waals surface area contributed by atoms with E-state index in [0.717, 1.165) is 28.8 Å². The number of anilines is 1. The molecule has 1 aromatic heterocycles. The number of likely N-dealkylation sites (tertiary alicyclic amines) is 1. The van der Waals surface area contributed by atoms with Crippen molar-refractivity contribution in [2.24, 2.45) is 0 Å². The standard InChI is InChI=1S/C13H23N3O2S/c1-15-6-4-10(5-7-15)16(2)13-14-11(9-18-3)12(8-17)19-13/h10,17H,4-9H2,1-3H3. The van der Waals surface area contributed by atoms with Gasteiger partial charge in [0.2, 0.25) is 0 Å². The van der Waals surface area contributed by atoms with Crippen LogP contribution in [0.5, 0.6) is 0 Å². The van der Waals surface area contributed by atoms with Crippen LogP contribution >= 0.6 is 11.3 Å². The summed E-state index contributed by atoms with van der Waals surface area (Å²) in [5.41, 5.74) is 0.866. The molecule has 0 bridgehead atoms. The topological polar surface area (TPSA) is 48.8 Å². The predicted octanol–water partition coefficient (Wildman–Crippen LogP) is 1.31. The number of aliphatic hydroxyl groups excluding tert-OH is 1. The van der Waals surface area contributed by atoms with Crippen molar-refractivity contribution in [3.63, 3.8) is 0 Å². The Morgan fingerprint density at radius 3 is 2.74 bits per heavy atom. The Balaban J connectivity index is 2.08. The molecule has 1 fully saturated rings. The lowest BCUT2D eigenvalue weighted by molar-refractivity contribution is 0.179. The van der Waals surface area contributed by atoms with Crippen LogP contribution in [0.1, 0.15) is 23.4 Å². The predicted molar refractivity (Wildman–Crippen MR) is 77.7 cm³/mol. The minimum Gasteiger partial charge on any atom is -0.391 e. The molecule has 0 amide bonds. The summed E-state index contributed by atoms with van der Waals surface area (Å²) in [6, 6.07) is 0.546. The Morgan fingerprint density at radius 1 is 1.47 bits per heavy atom. The number of aliphatic hydroxyl groups is 1. The smallest absolute Gasteiger partial charge is 0.185 e. The highest BCUT2D eigenvalue weighted by molar-refractivity contribution is 7.15. The molecule has 0 saturated carbocycles. The highest BCUT2D eigenvalue weighted by Gasteiger charge is 2.23. The number of hydrogen-bond donors (Lipinski definition) is 1. The summed E-state index contributed by atoms with van der Waals surface area (Å²) in [6.07, 6.45) is 2.33. The molecule has 1 aliphatic heterocycles. The molecule has 0 aliphatic carbocycles. The van der Waals surface area contributed by atoms with Crippen molar-refractivity contribution in [1.29, 1.82) is 0 Å². The van der Waals surface area contributed by atoms with E-state index in [1.807, 2.05) is 0 Å². The normalized spacial score (nSPS) is 17.9. The summed E-state index contributed by atoms with van der Waals surface area (Å²) < 4.78 is 5.13. The number of hydrogen-bond acceptors (Lipinski definition) is 6. The average Bonchev–Trinajstić information content (AvgIpc) is 2.82. The summed E-state index contributed by atoms with van der Waals surface area (Å²) in [4.78, 5) is 10.1. The van der Waals surface area contributed by atoms with Crippen LogP contribution in [0.3, 0.4) is 0 Å². The van der Waals surface area contributed by atoms with Gasteiger partial charge in [-0.15, -0.1) is 0 Å². The quantitative estimate of drug-likeness (QED) is 0.884. The maximum Gasteiger partial charge on any atom is 0.185 e. The second-order valence-corrected chi connectivity index (χ2v) is 6.16. The van der Waals surface area contributed by atoms with Crippen molar-refractivity contribution in [3.05, 3.63) is 10.6 Å². The van der Waals surface area contributed by atoms with Gasteiger partial charge in [0.25, 0.3) is 0 Å². The number of ether oxygens (including phenoxy) is 1. The van der Waals surface area contributed by atoms with Gasteiger partial charge in [0.05, 0.1) is 23.8 Å². The van der Waals surface area contributed by atoms with Gasteiger partial charge >= 0.3 is 0 Å². The summed E-state index contributed by atoms with van der Waals surface area (Å²) in [7, 11) is 5.92. The van der Waals surface area contributed by atoms with Gasteiger partial charge in [0.1, 0.15) is 0 Å². The van der Waals surface area contributed by atoms with Crippen LogP contribution in [-0.2, 0) is 18.0 Å². The lowest BCUT2D eigenvalue weighted by Gasteiger charge is -2.34. The molecule has 0 unspecified atom stereocenters. The summed E-state index contributed by atoms with van der Waals surface area (Å²) in [5.74, 6) is 0. The van der Waals surface area contributed by atoms with Crippen LogP contribution in [-0.4, -0.2) is 55.3 Å². The van der Waals surface area contributed by atoms with Crippen molar-refractivity contribution in [3.8, 4) is 0 Å². The van der Waals surface area contributed by atoms with Gasteiger partial charge in [-0.3, -0.25) is 0 Å². The minimum absolute atomic E-state index is 0.0393. The van der Waals surface area contributed by atoms with Crippen LogP contribution in [0, 0.1) is 0 Å². The van der Waals surface area contributed by atoms with Gasteiger partial charge in [-0.05, 0) is 33.0 Å². The number of nitrogens with zero attached hydrogens (tertiary/aromatic N) is 3. The van der Waals surface area contributed by atoms with Gasteiger partial charge in [-0.1, -0.05) is 11.3 Å². The molecular weight excluding hydrogens is 262 g/mol. The van der Waals surface area contributed by atoms with Crippen molar-refractivity contribution in [2.45, 2.75) is 32.1 Å². The van der Waals surface area contributed by atoms with E-state index >= 15 is 0 Å². The summed E-state index contributed by atoms with van der Waals surface area (Å²) in [6.45, 7) is 2.78. The number of rotatable bonds is 5. The van der Waals surface area contributed by atoms with Gasteiger partial charge in [-0.25, -0.2) is 4.98 Å². The lowest BCUT2D eigenvalue weighted by Crippen LogP contribution is -2.41. The van der Waals surface area contributed by atoms with E-state index in [1.54, 1.807) is 18.4 Å². The van der Waals surface area contributed by atoms with E-state index in [2.05, 4.69) is 28.9 Å². The number of methoxy groups -OCH3 is 1. The van der Waals surface area contributed by atoms with Crippen LogP contribution in [0.4, 0.5) is 5.13 Å². The molecule has 0 aromatic carbocycles. The summed E-state index contributed by atoms with van der Waals surface area (Å²) in [5, 5.41) is 10.4. The molecule has 6 heteroatoms. The maximum absolute atomic E-state index is 9.37. The Labute approximate surface area is 118 Å². The molecule has 0 spiro atoms.